The van der Waals surface area contributed by atoms with Gasteiger partial charge in [-0.2, -0.15) is 0 Å². The molecular formula is C25H25NO5. The van der Waals surface area contributed by atoms with Gasteiger partial charge in [-0.05, 0) is 37.3 Å². The third-order valence-electron chi connectivity index (χ3n) is 4.97. The van der Waals surface area contributed by atoms with E-state index in [0.29, 0.717) is 34.2 Å². The van der Waals surface area contributed by atoms with Gasteiger partial charge in [-0.15, -0.1) is 0 Å². The Morgan fingerprint density at radius 1 is 0.742 bits per heavy atom. The maximum Gasteiger partial charge on any atom is 0.181 e. The summed E-state index contributed by atoms with van der Waals surface area (Å²) >= 11 is 0. The minimum Gasteiger partial charge on any atom is -0.494 e. The maximum absolute atomic E-state index is 12.7. The first-order chi connectivity index (χ1) is 15.0. The van der Waals surface area contributed by atoms with E-state index in [1.165, 1.54) is 14.2 Å². The molecule has 3 aromatic rings. The number of pyridine rings is 1. The summed E-state index contributed by atoms with van der Waals surface area (Å²) in [7, 11) is 4.61. The Bertz CT molecular complexity index is 1090. The second-order valence-electron chi connectivity index (χ2n) is 7.03. The van der Waals surface area contributed by atoms with Gasteiger partial charge in [0.2, 0.25) is 0 Å². The summed E-state index contributed by atoms with van der Waals surface area (Å²) in [6.45, 7) is 2.00. The number of aromatic nitrogens is 1. The molecule has 31 heavy (non-hydrogen) atoms. The van der Waals surface area contributed by atoms with E-state index in [-0.39, 0.29) is 24.4 Å². The highest BCUT2D eigenvalue weighted by molar-refractivity contribution is 6.02. The van der Waals surface area contributed by atoms with E-state index < -0.39 is 0 Å². The van der Waals surface area contributed by atoms with E-state index in [4.69, 9.17) is 14.2 Å². The van der Waals surface area contributed by atoms with Gasteiger partial charge >= 0.3 is 0 Å². The first kappa shape index (κ1) is 22.0. The van der Waals surface area contributed by atoms with Crippen molar-refractivity contribution in [3.63, 3.8) is 0 Å². The number of aryl methyl sites for hydroxylation is 1. The van der Waals surface area contributed by atoms with Crippen LogP contribution in [0.4, 0.5) is 0 Å². The van der Waals surface area contributed by atoms with Gasteiger partial charge in [0, 0.05) is 24.0 Å². The Labute approximate surface area is 181 Å². The van der Waals surface area contributed by atoms with Crippen molar-refractivity contribution in [3.8, 4) is 28.5 Å². The second kappa shape index (κ2) is 9.89. The number of hydrogen-bond acceptors (Lipinski definition) is 6. The molecule has 160 valence electrons. The van der Waals surface area contributed by atoms with Crippen LogP contribution in [0.3, 0.4) is 0 Å². The highest BCUT2D eigenvalue weighted by Gasteiger charge is 2.17. The van der Waals surface area contributed by atoms with Gasteiger partial charge in [0.25, 0.3) is 0 Å². The summed E-state index contributed by atoms with van der Waals surface area (Å²) < 4.78 is 15.8. The van der Waals surface area contributed by atoms with Gasteiger partial charge in [-0.1, -0.05) is 29.8 Å². The minimum atomic E-state index is -0.204. The van der Waals surface area contributed by atoms with Crippen LogP contribution in [0.1, 0.15) is 39.3 Å². The van der Waals surface area contributed by atoms with Crippen LogP contribution in [0.25, 0.3) is 11.3 Å². The van der Waals surface area contributed by atoms with Crippen molar-refractivity contribution < 1.29 is 23.8 Å². The lowest BCUT2D eigenvalue weighted by atomic mass is 10.0. The molecule has 1 aromatic heterocycles. The fourth-order valence-electron chi connectivity index (χ4n) is 3.19. The Morgan fingerprint density at radius 2 is 1.35 bits per heavy atom. The molecule has 3 rings (SSSR count). The predicted octanol–water partition coefficient (Wildman–Crippen LogP) is 4.93. The van der Waals surface area contributed by atoms with Crippen molar-refractivity contribution in [2.45, 2.75) is 19.8 Å². The highest BCUT2D eigenvalue weighted by atomic mass is 16.5. The summed E-state index contributed by atoms with van der Waals surface area (Å²) in [6, 6.07) is 16.1. The van der Waals surface area contributed by atoms with Crippen LogP contribution in [0.5, 0.6) is 17.2 Å². The summed E-state index contributed by atoms with van der Waals surface area (Å²) in [5.74, 6) is 1.24. The van der Waals surface area contributed by atoms with E-state index in [9.17, 15) is 9.59 Å². The van der Waals surface area contributed by atoms with Crippen LogP contribution >= 0.6 is 0 Å². The SMILES string of the molecule is COc1ccc(C(=O)CCC(=O)c2ccc(OC)c(-c3ccc(C)cc3)n2)cc1OC. The Morgan fingerprint density at radius 3 is 2.00 bits per heavy atom. The monoisotopic (exact) mass is 419 g/mol. The summed E-state index contributed by atoms with van der Waals surface area (Å²) in [5.41, 5.74) is 3.35. The summed E-state index contributed by atoms with van der Waals surface area (Å²) in [6.07, 6.45) is 0.127. The van der Waals surface area contributed by atoms with E-state index in [0.717, 1.165) is 11.1 Å². The van der Waals surface area contributed by atoms with Gasteiger partial charge < -0.3 is 14.2 Å². The molecule has 0 saturated heterocycles. The van der Waals surface area contributed by atoms with Crippen molar-refractivity contribution in [2.75, 3.05) is 21.3 Å². The second-order valence-corrected chi connectivity index (χ2v) is 7.03. The lowest BCUT2D eigenvalue weighted by molar-refractivity contribution is 0.0915. The lowest BCUT2D eigenvalue weighted by Gasteiger charge is -2.10. The number of ketones is 2. The van der Waals surface area contributed by atoms with Crippen LogP contribution in [-0.4, -0.2) is 37.9 Å². The molecule has 0 atom stereocenters. The molecule has 0 spiro atoms. The van der Waals surface area contributed by atoms with E-state index in [1.54, 1.807) is 37.4 Å². The van der Waals surface area contributed by atoms with Crippen LogP contribution in [-0.2, 0) is 0 Å². The number of nitrogens with zero attached hydrogens (tertiary/aromatic N) is 1. The van der Waals surface area contributed by atoms with Gasteiger partial charge in [-0.3, -0.25) is 9.59 Å². The zero-order chi connectivity index (χ0) is 22.4. The summed E-state index contributed by atoms with van der Waals surface area (Å²) in [4.78, 5) is 29.8. The standard InChI is InChI=1S/C25H25NO5/c1-16-5-7-17(8-6-16)25-23(30-3)14-10-19(26-25)21(28)12-11-20(27)18-9-13-22(29-2)24(15-18)31-4/h5-10,13-15H,11-12H2,1-4H3. The third kappa shape index (κ3) is 5.09. The number of carbonyl (C=O) groups excluding carboxylic acids is 2. The fourth-order valence-corrected chi connectivity index (χ4v) is 3.19. The molecule has 0 aliphatic rings. The van der Waals surface area contributed by atoms with E-state index >= 15 is 0 Å². The molecule has 2 aromatic carbocycles. The zero-order valence-corrected chi connectivity index (χ0v) is 18.1. The van der Waals surface area contributed by atoms with Crippen molar-refractivity contribution in [2.24, 2.45) is 0 Å². The minimum absolute atomic E-state index is 0.0554. The van der Waals surface area contributed by atoms with Crippen molar-refractivity contribution in [1.29, 1.82) is 0 Å². The lowest BCUT2D eigenvalue weighted by Crippen LogP contribution is -2.08. The van der Waals surface area contributed by atoms with Gasteiger partial charge in [0.05, 0.1) is 21.3 Å². The number of methoxy groups -OCH3 is 3. The number of benzene rings is 2. The molecule has 0 amide bonds. The van der Waals surface area contributed by atoms with Crippen LogP contribution in [0, 0.1) is 6.92 Å². The number of rotatable bonds is 9. The molecule has 0 N–H and O–H groups in total. The average molecular weight is 419 g/mol. The number of carbonyl (C=O) groups is 2. The molecule has 0 saturated carbocycles. The Hall–Kier alpha value is -3.67. The van der Waals surface area contributed by atoms with Gasteiger partial charge in [0.1, 0.15) is 17.1 Å². The molecule has 0 radical (unpaired) electrons. The molecule has 6 nitrogen and oxygen atoms in total. The van der Waals surface area contributed by atoms with Crippen LogP contribution < -0.4 is 14.2 Å². The fraction of sp³-hybridized carbons (Fsp3) is 0.240. The summed E-state index contributed by atoms with van der Waals surface area (Å²) in [5, 5.41) is 0. The quantitative estimate of drug-likeness (QED) is 0.458. The maximum atomic E-state index is 12.7. The predicted molar refractivity (Wildman–Crippen MR) is 118 cm³/mol. The smallest absolute Gasteiger partial charge is 0.181 e. The molecule has 1 heterocycles. The van der Waals surface area contributed by atoms with Crippen molar-refractivity contribution in [3.05, 3.63) is 71.4 Å². The molecule has 0 aliphatic carbocycles. The van der Waals surface area contributed by atoms with Crippen LogP contribution in [0.2, 0.25) is 0 Å². The number of hydrogen-bond donors (Lipinski definition) is 0. The normalized spacial score (nSPS) is 10.5. The molecule has 0 aliphatic heterocycles. The molecule has 0 unspecified atom stereocenters. The number of Topliss-reactive ketones (excluding diaryl/α,β-unsaturated/α-hetero) is 2. The van der Waals surface area contributed by atoms with E-state index in [2.05, 4.69) is 4.98 Å². The largest absolute Gasteiger partial charge is 0.494 e. The molecule has 0 fully saturated rings. The van der Waals surface area contributed by atoms with Crippen molar-refractivity contribution in [1.82, 2.24) is 4.98 Å². The molecular weight excluding hydrogens is 394 g/mol. The highest BCUT2D eigenvalue weighted by Crippen LogP contribution is 2.30. The first-order valence-electron chi connectivity index (χ1n) is 9.87. The average Bonchev–Trinajstić information content (AvgIpc) is 2.81. The Balaban J connectivity index is 1.75. The zero-order valence-electron chi connectivity index (χ0n) is 18.1. The third-order valence-corrected chi connectivity index (χ3v) is 4.97. The first-order valence-corrected chi connectivity index (χ1v) is 9.87. The molecule has 0 bridgehead atoms. The van der Waals surface area contributed by atoms with Crippen LogP contribution in [0.15, 0.2) is 54.6 Å². The Kier molecular flexibility index (Phi) is 7.03. The van der Waals surface area contributed by atoms with Crippen molar-refractivity contribution >= 4 is 11.6 Å². The van der Waals surface area contributed by atoms with Gasteiger partial charge in [0.15, 0.2) is 23.1 Å². The number of ether oxygens (including phenoxy) is 3. The topological polar surface area (TPSA) is 74.7 Å². The van der Waals surface area contributed by atoms with E-state index in [1.807, 2.05) is 31.2 Å². The molecule has 6 heteroatoms. The van der Waals surface area contributed by atoms with Gasteiger partial charge in [-0.25, -0.2) is 4.98 Å².